The van der Waals surface area contributed by atoms with Crippen molar-refractivity contribution in [2.45, 2.75) is 50.7 Å². The predicted molar refractivity (Wildman–Crippen MR) is 48.9 cm³/mol. The molecule has 0 aromatic rings. The van der Waals surface area contributed by atoms with Gasteiger partial charge in [-0.1, -0.05) is 12.8 Å². The maximum absolute atomic E-state index is 6.01. The van der Waals surface area contributed by atoms with Gasteiger partial charge in [0.05, 0.1) is 6.10 Å². The molecule has 1 aliphatic carbocycles. The SMILES string of the molecule is NC(CC1CC1)CC1CCCO1. The average Bonchev–Trinajstić information content (AvgIpc) is 2.66. The zero-order chi connectivity index (χ0) is 8.39. The van der Waals surface area contributed by atoms with E-state index in [1.165, 1.54) is 32.1 Å². The second kappa shape index (κ2) is 3.75. The van der Waals surface area contributed by atoms with Crippen LogP contribution in [0.3, 0.4) is 0 Å². The molecule has 1 saturated heterocycles. The summed E-state index contributed by atoms with van der Waals surface area (Å²) in [6.07, 6.45) is 8.12. The highest BCUT2D eigenvalue weighted by molar-refractivity contribution is 4.80. The third kappa shape index (κ3) is 2.46. The summed E-state index contributed by atoms with van der Waals surface area (Å²) in [5.74, 6) is 0.960. The van der Waals surface area contributed by atoms with Gasteiger partial charge in [-0.3, -0.25) is 0 Å². The van der Waals surface area contributed by atoms with Crippen molar-refractivity contribution in [2.75, 3.05) is 6.61 Å². The number of nitrogens with two attached hydrogens (primary N) is 1. The monoisotopic (exact) mass is 169 g/mol. The van der Waals surface area contributed by atoms with Gasteiger partial charge in [-0.2, -0.15) is 0 Å². The fourth-order valence-electron chi connectivity index (χ4n) is 2.05. The molecule has 0 aromatic carbocycles. The summed E-state index contributed by atoms with van der Waals surface area (Å²) in [4.78, 5) is 0. The molecule has 0 spiro atoms. The smallest absolute Gasteiger partial charge is 0.0590 e. The lowest BCUT2D eigenvalue weighted by Gasteiger charge is -2.15. The Morgan fingerprint density at radius 3 is 2.67 bits per heavy atom. The van der Waals surface area contributed by atoms with Crippen LogP contribution < -0.4 is 5.73 Å². The molecule has 1 aliphatic heterocycles. The van der Waals surface area contributed by atoms with Gasteiger partial charge < -0.3 is 10.5 Å². The van der Waals surface area contributed by atoms with Gasteiger partial charge in [0.2, 0.25) is 0 Å². The van der Waals surface area contributed by atoms with Gasteiger partial charge in [0.15, 0.2) is 0 Å². The molecule has 2 fully saturated rings. The average molecular weight is 169 g/mol. The van der Waals surface area contributed by atoms with E-state index in [1.54, 1.807) is 0 Å². The first-order valence-corrected chi connectivity index (χ1v) is 5.22. The van der Waals surface area contributed by atoms with Gasteiger partial charge in [-0.05, 0) is 31.6 Å². The molecular weight excluding hydrogens is 150 g/mol. The van der Waals surface area contributed by atoms with E-state index in [1.807, 2.05) is 0 Å². The second-order valence-corrected chi connectivity index (χ2v) is 4.31. The summed E-state index contributed by atoms with van der Waals surface area (Å²) in [5.41, 5.74) is 6.01. The molecule has 2 aliphatic rings. The van der Waals surface area contributed by atoms with E-state index in [0.29, 0.717) is 12.1 Å². The first-order chi connectivity index (χ1) is 5.84. The Morgan fingerprint density at radius 2 is 2.08 bits per heavy atom. The number of rotatable bonds is 4. The lowest BCUT2D eigenvalue weighted by molar-refractivity contribution is 0.0970. The number of hydrogen-bond donors (Lipinski definition) is 1. The van der Waals surface area contributed by atoms with Gasteiger partial charge in [-0.25, -0.2) is 0 Å². The van der Waals surface area contributed by atoms with Crippen LogP contribution in [0.15, 0.2) is 0 Å². The lowest BCUT2D eigenvalue weighted by Crippen LogP contribution is -2.26. The van der Waals surface area contributed by atoms with Crippen LogP contribution in [0.5, 0.6) is 0 Å². The first kappa shape index (κ1) is 8.52. The van der Waals surface area contributed by atoms with Crippen molar-refractivity contribution in [3.8, 4) is 0 Å². The summed E-state index contributed by atoms with van der Waals surface area (Å²) in [6, 6.07) is 0.403. The second-order valence-electron chi connectivity index (χ2n) is 4.31. The van der Waals surface area contributed by atoms with Gasteiger partial charge in [0.1, 0.15) is 0 Å². The van der Waals surface area contributed by atoms with Crippen LogP contribution in [0.25, 0.3) is 0 Å². The van der Waals surface area contributed by atoms with Gasteiger partial charge >= 0.3 is 0 Å². The van der Waals surface area contributed by atoms with E-state index in [2.05, 4.69) is 0 Å². The summed E-state index contributed by atoms with van der Waals surface area (Å²) in [7, 11) is 0. The lowest BCUT2D eigenvalue weighted by atomic mass is 10.0. The van der Waals surface area contributed by atoms with Crippen molar-refractivity contribution in [3.05, 3.63) is 0 Å². The van der Waals surface area contributed by atoms with E-state index in [9.17, 15) is 0 Å². The molecule has 0 amide bonds. The van der Waals surface area contributed by atoms with Crippen LogP contribution in [-0.2, 0) is 4.74 Å². The third-order valence-corrected chi connectivity index (χ3v) is 2.92. The van der Waals surface area contributed by atoms with Crippen molar-refractivity contribution in [1.82, 2.24) is 0 Å². The largest absolute Gasteiger partial charge is 0.378 e. The summed E-state index contributed by atoms with van der Waals surface area (Å²) >= 11 is 0. The Morgan fingerprint density at radius 1 is 1.25 bits per heavy atom. The third-order valence-electron chi connectivity index (χ3n) is 2.92. The molecule has 2 atom stereocenters. The van der Waals surface area contributed by atoms with Crippen LogP contribution >= 0.6 is 0 Å². The molecule has 2 heteroatoms. The standard InChI is InChI=1S/C10H19NO/c11-9(6-8-3-4-8)7-10-2-1-5-12-10/h8-10H,1-7,11H2. The van der Waals surface area contributed by atoms with Crippen molar-refractivity contribution < 1.29 is 4.74 Å². The van der Waals surface area contributed by atoms with E-state index in [0.717, 1.165) is 18.9 Å². The number of ether oxygens (including phenoxy) is 1. The molecule has 2 unspecified atom stereocenters. The van der Waals surface area contributed by atoms with Gasteiger partial charge in [0.25, 0.3) is 0 Å². The van der Waals surface area contributed by atoms with Crippen LogP contribution in [0.4, 0.5) is 0 Å². The van der Waals surface area contributed by atoms with E-state index in [4.69, 9.17) is 10.5 Å². The zero-order valence-electron chi connectivity index (χ0n) is 7.67. The Bertz CT molecular complexity index is 139. The highest BCUT2D eigenvalue weighted by Crippen LogP contribution is 2.34. The normalized spacial score (nSPS) is 32.2. The Balaban J connectivity index is 1.62. The minimum absolute atomic E-state index is 0.403. The Kier molecular flexibility index (Phi) is 2.66. The van der Waals surface area contributed by atoms with Crippen LogP contribution in [-0.4, -0.2) is 18.8 Å². The minimum atomic E-state index is 0.403. The van der Waals surface area contributed by atoms with Crippen molar-refractivity contribution >= 4 is 0 Å². The van der Waals surface area contributed by atoms with Crippen LogP contribution in [0.2, 0.25) is 0 Å². The summed E-state index contributed by atoms with van der Waals surface area (Å²) < 4.78 is 5.55. The fourth-order valence-corrected chi connectivity index (χ4v) is 2.05. The van der Waals surface area contributed by atoms with Gasteiger partial charge in [-0.15, -0.1) is 0 Å². The van der Waals surface area contributed by atoms with E-state index >= 15 is 0 Å². The van der Waals surface area contributed by atoms with Crippen molar-refractivity contribution in [1.29, 1.82) is 0 Å². The van der Waals surface area contributed by atoms with Crippen molar-refractivity contribution in [3.63, 3.8) is 0 Å². The highest BCUT2D eigenvalue weighted by Gasteiger charge is 2.26. The molecule has 0 aromatic heterocycles. The quantitative estimate of drug-likeness (QED) is 0.695. The molecule has 2 N–H and O–H groups in total. The maximum Gasteiger partial charge on any atom is 0.0590 e. The highest BCUT2D eigenvalue weighted by atomic mass is 16.5. The molecule has 0 bridgehead atoms. The molecule has 2 rings (SSSR count). The summed E-state index contributed by atoms with van der Waals surface area (Å²) in [6.45, 7) is 0.959. The van der Waals surface area contributed by atoms with E-state index in [-0.39, 0.29) is 0 Å². The molecule has 70 valence electrons. The van der Waals surface area contributed by atoms with Crippen LogP contribution in [0.1, 0.15) is 38.5 Å². The topological polar surface area (TPSA) is 35.2 Å². The molecule has 0 radical (unpaired) electrons. The molecule has 12 heavy (non-hydrogen) atoms. The number of hydrogen-bond acceptors (Lipinski definition) is 2. The first-order valence-electron chi connectivity index (χ1n) is 5.22. The Labute approximate surface area is 74.5 Å². The van der Waals surface area contributed by atoms with Crippen LogP contribution in [0, 0.1) is 5.92 Å². The van der Waals surface area contributed by atoms with Crippen molar-refractivity contribution in [2.24, 2.45) is 11.7 Å². The molecule has 2 nitrogen and oxygen atoms in total. The zero-order valence-corrected chi connectivity index (χ0v) is 7.67. The fraction of sp³-hybridized carbons (Fsp3) is 1.00. The molecule has 1 heterocycles. The minimum Gasteiger partial charge on any atom is -0.378 e. The predicted octanol–water partition coefficient (Wildman–Crippen LogP) is 1.68. The van der Waals surface area contributed by atoms with E-state index < -0.39 is 0 Å². The Hall–Kier alpha value is -0.0800. The molecule has 1 saturated carbocycles. The summed E-state index contributed by atoms with van der Waals surface area (Å²) in [5, 5.41) is 0. The maximum atomic E-state index is 6.01. The molecular formula is C10H19NO. The van der Waals surface area contributed by atoms with Gasteiger partial charge in [0, 0.05) is 12.6 Å².